The van der Waals surface area contributed by atoms with Crippen molar-refractivity contribution in [1.29, 1.82) is 0 Å². The standard InChI is InChI=1S/C11H12BrNO3/c1-6-9(12)10(14)8(11(15)16)5-13(6)7-3-2-4-7/h5,7H,2-4H2,1H3,(H,15,16). The molecule has 0 aromatic carbocycles. The summed E-state index contributed by atoms with van der Waals surface area (Å²) in [6, 6.07) is 0.343. The molecule has 86 valence electrons. The van der Waals surface area contributed by atoms with E-state index in [1.807, 2.05) is 11.5 Å². The molecular weight excluding hydrogens is 274 g/mol. The zero-order valence-electron chi connectivity index (χ0n) is 8.86. The van der Waals surface area contributed by atoms with E-state index in [-0.39, 0.29) is 5.56 Å². The SMILES string of the molecule is Cc1c(Br)c(=O)c(C(=O)O)cn1C1CCC1. The van der Waals surface area contributed by atoms with E-state index in [0.29, 0.717) is 10.5 Å². The molecule has 0 saturated heterocycles. The highest BCUT2D eigenvalue weighted by Gasteiger charge is 2.23. The molecule has 1 aromatic rings. The molecular formula is C11H12BrNO3. The van der Waals surface area contributed by atoms with Gasteiger partial charge in [0.1, 0.15) is 5.56 Å². The van der Waals surface area contributed by atoms with Gasteiger partial charge in [0.25, 0.3) is 0 Å². The lowest BCUT2D eigenvalue weighted by Gasteiger charge is -2.30. The number of nitrogens with zero attached hydrogens (tertiary/aromatic N) is 1. The van der Waals surface area contributed by atoms with Gasteiger partial charge in [0, 0.05) is 17.9 Å². The molecule has 4 nitrogen and oxygen atoms in total. The van der Waals surface area contributed by atoms with Gasteiger partial charge in [-0.3, -0.25) is 4.79 Å². The molecule has 5 heteroatoms. The quantitative estimate of drug-likeness (QED) is 0.907. The molecule has 0 bridgehead atoms. The van der Waals surface area contributed by atoms with Crippen LogP contribution < -0.4 is 5.43 Å². The molecule has 1 saturated carbocycles. The first-order valence-corrected chi connectivity index (χ1v) is 5.96. The Morgan fingerprint density at radius 2 is 2.19 bits per heavy atom. The van der Waals surface area contributed by atoms with E-state index < -0.39 is 11.4 Å². The van der Waals surface area contributed by atoms with Crippen LogP contribution in [0.4, 0.5) is 0 Å². The second-order valence-corrected chi connectivity index (χ2v) is 4.86. The van der Waals surface area contributed by atoms with Crippen LogP contribution in [0.1, 0.15) is 41.4 Å². The van der Waals surface area contributed by atoms with E-state index in [2.05, 4.69) is 15.9 Å². The number of carboxylic acid groups (broad SMARTS) is 1. The van der Waals surface area contributed by atoms with Crippen molar-refractivity contribution >= 4 is 21.9 Å². The normalized spacial score (nSPS) is 15.9. The summed E-state index contributed by atoms with van der Waals surface area (Å²) < 4.78 is 2.26. The Hall–Kier alpha value is -1.10. The van der Waals surface area contributed by atoms with Crippen LogP contribution in [0.3, 0.4) is 0 Å². The maximum Gasteiger partial charge on any atom is 0.341 e. The first-order chi connectivity index (χ1) is 7.52. The van der Waals surface area contributed by atoms with Gasteiger partial charge in [0.15, 0.2) is 0 Å². The van der Waals surface area contributed by atoms with Gasteiger partial charge < -0.3 is 9.67 Å². The van der Waals surface area contributed by atoms with E-state index in [0.717, 1.165) is 25.0 Å². The number of pyridine rings is 1. The monoisotopic (exact) mass is 285 g/mol. The van der Waals surface area contributed by atoms with Gasteiger partial charge >= 0.3 is 5.97 Å². The molecule has 16 heavy (non-hydrogen) atoms. The maximum absolute atomic E-state index is 11.7. The lowest BCUT2D eigenvalue weighted by Crippen LogP contribution is -2.26. The number of aromatic carboxylic acids is 1. The summed E-state index contributed by atoms with van der Waals surface area (Å²) in [7, 11) is 0. The Morgan fingerprint density at radius 1 is 1.56 bits per heavy atom. The van der Waals surface area contributed by atoms with Crippen molar-refractivity contribution in [3.05, 3.63) is 32.2 Å². The molecule has 1 aliphatic carbocycles. The van der Waals surface area contributed by atoms with Gasteiger partial charge in [0.05, 0.1) is 4.47 Å². The summed E-state index contributed by atoms with van der Waals surface area (Å²) in [5.41, 5.74) is 0.199. The average Bonchev–Trinajstić information content (AvgIpc) is 2.15. The van der Waals surface area contributed by atoms with Crippen molar-refractivity contribution in [3.63, 3.8) is 0 Å². The van der Waals surface area contributed by atoms with E-state index in [9.17, 15) is 9.59 Å². The summed E-state index contributed by atoms with van der Waals surface area (Å²) in [5.74, 6) is -1.17. The Bertz CT molecular complexity index is 503. The van der Waals surface area contributed by atoms with Crippen molar-refractivity contribution < 1.29 is 9.90 Å². The van der Waals surface area contributed by atoms with Gasteiger partial charge in [-0.25, -0.2) is 4.79 Å². The highest BCUT2D eigenvalue weighted by atomic mass is 79.9. The summed E-state index contributed by atoms with van der Waals surface area (Å²) in [5, 5.41) is 8.94. The molecule has 0 radical (unpaired) electrons. The number of carbonyl (C=O) groups is 1. The second-order valence-electron chi connectivity index (χ2n) is 4.07. The zero-order chi connectivity index (χ0) is 11.9. The molecule has 1 aliphatic rings. The predicted octanol–water partition coefficient (Wildman–Crippen LogP) is 2.34. The van der Waals surface area contributed by atoms with Crippen LogP contribution in [0, 0.1) is 6.92 Å². The first-order valence-electron chi connectivity index (χ1n) is 5.17. The van der Waals surface area contributed by atoms with Gasteiger partial charge in [-0.2, -0.15) is 0 Å². The smallest absolute Gasteiger partial charge is 0.341 e. The zero-order valence-corrected chi connectivity index (χ0v) is 10.5. The molecule has 0 atom stereocenters. The molecule has 1 fully saturated rings. The van der Waals surface area contributed by atoms with Crippen LogP contribution >= 0.6 is 15.9 Å². The molecule has 0 amide bonds. The average molecular weight is 286 g/mol. The van der Waals surface area contributed by atoms with E-state index in [1.165, 1.54) is 6.20 Å². The van der Waals surface area contributed by atoms with E-state index in [1.54, 1.807) is 0 Å². The Labute approximate surface area is 101 Å². The van der Waals surface area contributed by atoms with Gasteiger partial charge in [-0.05, 0) is 42.1 Å². The van der Waals surface area contributed by atoms with Crippen molar-refractivity contribution in [2.45, 2.75) is 32.2 Å². The number of aromatic nitrogens is 1. The molecule has 0 aliphatic heterocycles. The molecule has 1 N–H and O–H groups in total. The summed E-state index contributed by atoms with van der Waals surface area (Å²) >= 11 is 3.17. The fourth-order valence-corrected chi connectivity index (χ4v) is 2.31. The third-order valence-electron chi connectivity index (χ3n) is 3.12. The van der Waals surface area contributed by atoms with Crippen molar-refractivity contribution in [2.75, 3.05) is 0 Å². The fourth-order valence-electron chi connectivity index (χ4n) is 1.89. The number of hydrogen-bond acceptors (Lipinski definition) is 2. The fraction of sp³-hybridized carbons (Fsp3) is 0.455. The Balaban J connectivity index is 2.61. The Morgan fingerprint density at radius 3 is 2.62 bits per heavy atom. The molecule has 0 spiro atoms. The van der Waals surface area contributed by atoms with Crippen LogP contribution in [0.5, 0.6) is 0 Å². The van der Waals surface area contributed by atoms with Crippen LogP contribution in [0.15, 0.2) is 15.5 Å². The first kappa shape index (κ1) is 11.4. The van der Waals surface area contributed by atoms with Gasteiger partial charge in [-0.1, -0.05) is 0 Å². The summed E-state index contributed by atoms with van der Waals surface area (Å²) in [6.45, 7) is 1.83. The lowest BCUT2D eigenvalue weighted by molar-refractivity contribution is 0.0694. The van der Waals surface area contributed by atoms with Gasteiger partial charge in [-0.15, -0.1) is 0 Å². The number of carboxylic acids is 1. The minimum atomic E-state index is -1.17. The van der Waals surface area contributed by atoms with E-state index in [4.69, 9.17) is 5.11 Å². The largest absolute Gasteiger partial charge is 0.477 e. The minimum Gasteiger partial charge on any atom is -0.477 e. The minimum absolute atomic E-state index is 0.163. The third kappa shape index (κ3) is 1.69. The van der Waals surface area contributed by atoms with Crippen LogP contribution in [-0.2, 0) is 0 Å². The summed E-state index contributed by atoms with van der Waals surface area (Å²) in [4.78, 5) is 22.6. The molecule has 1 aromatic heterocycles. The highest BCUT2D eigenvalue weighted by Crippen LogP contribution is 2.33. The molecule has 2 rings (SSSR count). The van der Waals surface area contributed by atoms with E-state index >= 15 is 0 Å². The maximum atomic E-state index is 11.7. The van der Waals surface area contributed by atoms with Crippen molar-refractivity contribution in [1.82, 2.24) is 4.57 Å². The number of halogens is 1. The van der Waals surface area contributed by atoms with Crippen molar-refractivity contribution in [3.8, 4) is 0 Å². The Kier molecular flexibility index (Phi) is 2.88. The molecule has 1 heterocycles. The van der Waals surface area contributed by atoms with Crippen LogP contribution in [-0.4, -0.2) is 15.6 Å². The van der Waals surface area contributed by atoms with Crippen LogP contribution in [0.2, 0.25) is 0 Å². The van der Waals surface area contributed by atoms with Gasteiger partial charge in [0.2, 0.25) is 5.43 Å². The highest BCUT2D eigenvalue weighted by molar-refractivity contribution is 9.10. The van der Waals surface area contributed by atoms with Crippen molar-refractivity contribution in [2.24, 2.45) is 0 Å². The summed E-state index contributed by atoms with van der Waals surface area (Å²) in [6.07, 6.45) is 4.73. The lowest BCUT2D eigenvalue weighted by atomic mass is 9.92. The molecule has 0 unspecified atom stereocenters. The number of hydrogen-bond donors (Lipinski definition) is 1. The third-order valence-corrected chi connectivity index (χ3v) is 4.05. The van der Waals surface area contributed by atoms with Crippen LogP contribution in [0.25, 0.3) is 0 Å². The topological polar surface area (TPSA) is 59.3 Å². The number of rotatable bonds is 2. The second kappa shape index (κ2) is 4.05. The predicted molar refractivity (Wildman–Crippen MR) is 63.0 cm³/mol.